The summed E-state index contributed by atoms with van der Waals surface area (Å²) in [7, 11) is 1.62. The molecule has 1 unspecified atom stereocenters. The minimum atomic E-state index is -0.723. The number of hydrogen-bond acceptors (Lipinski definition) is 9. The SMILES string of the molecule is Cc1c(C(=O)OC(C)c2nnc(-c3cccs3)o2)sc2ncn(C)c(=O)c12. The Kier molecular flexibility index (Phi) is 4.36. The molecule has 0 aromatic carbocycles. The maximum Gasteiger partial charge on any atom is 0.349 e. The summed E-state index contributed by atoms with van der Waals surface area (Å²) in [5, 5.41) is 10.3. The minimum Gasteiger partial charge on any atom is -0.448 e. The first-order chi connectivity index (χ1) is 13.0. The molecule has 0 aliphatic carbocycles. The fraction of sp³-hybridized carbons (Fsp3) is 0.235. The number of aryl methyl sites for hydroxylation is 2. The molecule has 0 saturated carbocycles. The van der Waals surface area contributed by atoms with E-state index in [1.165, 1.54) is 22.2 Å². The summed E-state index contributed by atoms with van der Waals surface area (Å²) in [6, 6.07) is 3.75. The van der Waals surface area contributed by atoms with Gasteiger partial charge >= 0.3 is 5.97 Å². The van der Waals surface area contributed by atoms with E-state index in [-0.39, 0.29) is 11.4 Å². The third-order valence-corrected chi connectivity index (χ3v) is 6.04. The van der Waals surface area contributed by atoms with Crippen molar-refractivity contribution >= 4 is 38.9 Å². The number of nitrogens with zero attached hydrogens (tertiary/aromatic N) is 4. The predicted octanol–water partition coefficient (Wildman–Crippen LogP) is 3.33. The van der Waals surface area contributed by atoms with E-state index in [1.54, 1.807) is 20.9 Å². The molecule has 0 radical (unpaired) electrons. The highest BCUT2D eigenvalue weighted by Crippen LogP contribution is 2.30. The van der Waals surface area contributed by atoms with Gasteiger partial charge in [0.1, 0.15) is 9.71 Å². The zero-order valence-electron chi connectivity index (χ0n) is 14.6. The largest absolute Gasteiger partial charge is 0.448 e. The van der Waals surface area contributed by atoms with E-state index < -0.39 is 12.1 Å². The summed E-state index contributed by atoms with van der Waals surface area (Å²) in [6.07, 6.45) is 0.710. The number of ether oxygens (including phenoxy) is 1. The lowest BCUT2D eigenvalue weighted by molar-refractivity contribution is 0.0285. The van der Waals surface area contributed by atoms with Crippen LogP contribution in [0, 0.1) is 6.92 Å². The molecule has 138 valence electrons. The third-order valence-electron chi connectivity index (χ3n) is 4.00. The Hall–Kier alpha value is -2.85. The molecular formula is C17H14N4O4S2. The summed E-state index contributed by atoms with van der Waals surface area (Å²) < 4.78 is 12.5. The minimum absolute atomic E-state index is 0.196. The van der Waals surface area contributed by atoms with Crippen molar-refractivity contribution in [3.8, 4) is 10.8 Å². The molecule has 0 aliphatic rings. The van der Waals surface area contributed by atoms with Gasteiger partial charge in [0, 0.05) is 7.05 Å². The van der Waals surface area contributed by atoms with Gasteiger partial charge in [0.25, 0.3) is 17.3 Å². The molecule has 0 aliphatic heterocycles. The van der Waals surface area contributed by atoms with E-state index in [0.29, 0.717) is 26.5 Å². The molecule has 4 rings (SSSR count). The first-order valence-electron chi connectivity index (χ1n) is 7.98. The van der Waals surface area contributed by atoms with Crippen molar-refractivity contribution in [1.29, 1.82) is 0 Å². The first kappa shape index (κ1) is 17.6. The Morgan fingerprint density at radius 3 is 2.93 bits per heavy atom. The summed E-state index contributed by atoms with van der Waals surface area (Å²) >= 11 is 2.61. The van der Waals surface area contributed by atoms with Crippen LogP contribution < -0.4 is 5.56 Å². The van der Waals surface area contributed by atoms with Crippen molar-refractivity contribution in [2.75, 3.05) is 0 Å². The van der Waals surface area contributed by atoms with Crippen LogP contribution >= 0.6 is 22.7 Å². The average Bonchev–Trinajstić information content (AvgIpc) is 3.37. The molecule has 4 aromatic heterocycles. The predicted molar refractivity (Wildman–Crippen MR) is 101 cm³/mol. The molecular weight excluding hydrogens is 388 g/mol. The van der Waals surface area contributed by atoms with Gasteiger partial charge in [0.05, 0.1) is 16.6 Å². The highest BCUT2D eigenvalue weighted by Gasteiger charge is 2.24. The lowest BCUT2D eigenvalue weighted by atomic mass is 10.2. The fourth-order valence-corrected chi connectivity index (χ4v) is 4.23. The molecule has 27 heavy (non-hydrogen) atoms. The van der Waals surface area contributed by atoms with Crippen molar-refractivity contribution in [3.05, 3.63) is 50.5 Å². The lowest BCUT2D eigenvalue weighted by Gasteiger charge is -2.08. The average molecular weight is 402 g/mol. The Labute approximate surface area is 161 Å². The molecule has 4 aromatic rings. The number of aromatic nitrogens is 4. The number of carbonyl (C=O) groups is 1. The number of esters is 1. The number of hydrogen-bond donors (Lipinski definition) is 0. The summed E-state index contributed by atoms with van der Waals surface area (Å²) in [5.41, 5.74) is 0.365. The molecule has 10 heteroatoms. The van der Waals surface area contributed by atoms with Gasteiger partial charge in [-0.1, -0.05) is 6.07 Å². The van der Waals surface area contributed by atoms with Gasteiger partial charge in [0.2, 0.25) is 0 Å². The molecule has 8 nitrogen and oxygen atoms in total. The quantitative estimate of drug-likeness (QED) is 0.483. The Morgan fingerprint density at radius 2 is 2.19 bits per heavy atom. The maximum absolute atomic E-state index is 12.6. The molecule has 1 atom stereocenters. The smallest absolute Gasteiger partial charge is 0.349 e. The van der Waals surface area contributed by atoms with Crippen LogP contribution in [0.3, 0.4) is 0 Å². The molecule has 0 fully saturated rings. The van der Waals surface area contributed by atoms with E-state index in [4.69, 9.17) is 9.15 Å². The molecule has 0 amide bonds. The van der Waals surface area contributed by atoms with E-state index in [1.807, 2.05) is 17.5 Å². The normalized spacial score (nSPS) is 12.4. The van der Waals surface area contributed by atoms with Gasteiger partial charge in [-0.3, -0.25) is 4.79 Å². The second-order valence-corrected chi connectivity index (χ2v) is 7.81. The number of rotatable bonds is 4. The van der Waals surface area contributed by atoms with E-state index in [0.717, 1.165) is 16.2 Å². The Balaban J connectivity index is 1.59. The van der Waals surface area contributed by atoms with Gasteiger partial charge in [0.15, 0.2) is 6.10 Å². The van der Waals surface area contributed by atoms with E-state index in [9.17, 15) is 9.59 Å². The van der Waals surface area contributed by atoms with Crippen molar-refractivity contribution in [2.24, 2.45) is 7.05 Å². The van der Waals surface area contributed by atoms with Crippen molar-refractivity contribution < 1.29 is 13.9 Å². The van der Waals surface area contributed by atoms with Gasteiger partial charge in [-0.15, -0.1) is 32.9 Å². The second kappa shape index (κ2) is 6.71. The highest BCUT2D eigenvalue weighted by molar-refractivity contribution is 7.20. The van der Waals surface area contributed by atoms with Crippen LogP contribution in [0.25, 0.3) is 21.0 Å². The summed E-state index contributed by atoms with van der Waals surface area (Å²) in [6.45, 7) is 3.37. The van der Waals surface area contributed by atoms with Gasteiger partial charge in [-0.2, -0.15) is 0 Å². The molecule has 0 bridgehead atoms. The van der Waals surface area contributed by atoms with Crippen LogP contribution in [-0.4, -0.2) is 25.7 Å². The maximum atomic E-state index is 12.6. The number of thiophene rings is 2. The van der Waals surface area contributed by atoms with Crippen LogP contribution in [0.4, 0.5) is 0 Å². The van der Waals surface area contributed by atoms with Crippen molar-refractivity contribution in [3.63, 3.8) is 0 Å². The van der Waals surface area contributed by atoms with Gasteiger partial charge < -0.3 is 13.7 Å². The van der Waals surface area contributed by atoms with Crippen LogP contribution in [-0.2, 0) is 11.8 Å². The third kappa shape index (κ3) is 3.06. The summed E-state index contributed by atoms with van der Waals surface area (Å²) in [5.74, 6) is 0.0362. The Bertz CT molecular complexity index is 1190. The van der Waals surface area contributed by atoms with Crippen LogP contribution in [0.5, 0.6) is 0 Å². The first-order valence-corrected chi connectivity index (χ1v) is 9.68. The van der Waals surface area contributed by atoms with Crippen LogP contribution in [0.2, 0.25) is 0 Å². The van der Waals surface area contributed by atoms with Crippen molar-refractivity contribution in [2.45, 2.75) is 20.0 Å². The van der Waals surface area contributed by atoms with Crippen LogP contribution in [0.1, 0.15) is 34.2 Å². The summed E-state index contributed by atoms with van der Waals surface area (Å²) in [4.78, 5) is 30.8. The molecule has 0 spiro atoms. The monoisotopic (exact) mass is 402 g/mol. The van der Waals surface area contributed by atoms with Crippen LogP contribution in [0.15, 0.2) is 33.1 Å². The molecule has 0 N–H and O–H groups in total. The van der Waals surface area contributed by atoms with Gasteiger partial charge in [-0.05, 0) is 30.9 Å². The molecule has 4 heterocycles. The van der Waals surface area contributed by atoms with Gasteiger partial charge in [-0.25, -0.2) is 9.78 Å². The van der Waals surface area contributed by atoms with E-state index in [2.05, 4.69) is 15.2 Å². The molecule has 0 saturated heterocycles. The lowest BCUT2D eigenvalue weighted by Crippen LogP contribution is -2.17. The van der Waals surface area contributed by atoms with E-state index >= 15 is 0 Å². The fourth-order valence-electron chi connectivity index (χ4n) is 2.57. The number of fused-ring (bicyclic) bond motifs is 1. The highest BCUT2D eigenvalue weighted by atomic mass is 32.1. The Morgan fingerprint density at radius 1 is 1.37 bits per heavy atom. The zero-order valence-corrected chi connectivity index (χ0v) is 16.3. The zero-order chi connectivity index (χ0) is 19.1. The van der Waals surface area contributed by atoms with Crippen molar-refractivity contribution in [1.82, 2.24) is 19.7 Å². The second-order valence-electron chi connectivity index (χ2n) is 5.87. The number of carbonyl (C=O) groups excluding carboxylic acids is 1. The standard InChI is InChI=1S/C17H14N4O4S2/c1-8-11-15(18-7-21(3)16(11)22)27-12(8)17(23)24-9(2)13-19-20-14(25-13)10-5-4-6-26-10/h4-7,9H,1-3H3. The topological polar surface area (TPSA) is 100 Å².